The third kappa shape index (κ3) is 3.05. The molecule has 0 saturated carbocycles. The number of ether oxygens (including phenoxy) is 1. The Bertz CT molecular complexity index is 792. The lowest BCUT2D eigenvalue weighted by atomic mass is 9.95. The molecule has 1 aliphatic rings. The van der Waals surface area contributed by atoms with Crippen molar-refractivity contribution in [2.24, 2.45) is 0 Å². The number of rotatable bonds is 1. The van der Waals surface area contributed by atoms with Gasteiger partial charge in [-0.25, -0.2) is 9.97 Å². The van der Waals surface area contributed by atoms with E-state index in [9.17, 15) is 4.79 Å². The summed E-state index contributed by atoms with van der Waals surface area (Å²) < 4.78 is 5.54. The van der Waals surface area contributed by atoms with Crippen LogP contribution in [0.4, 0.5) is 0 Å². The summed E-state index contributed by atoms with van der Waals surface area (Å²) in [6.45, 7) is 14.2. The molecule has 1 amide bonds. The summed E-state index contributed by atoms with van der Waals surface area (Å²) in [5.41, 5.74) is 1.84. The number of morpholine rings is 1. The van der Waals surface area contributed by atoms with Crippen LogP contribution in [0.3, 0.4) is 0 Å². The fourth-order valence-electron chi connectivity index (χ4n) is 3.02. The lowest BCUT2D eigenvalue weighted by Crippen LogP contribution is -2.44. The molecule has 1 saturated heterocycles. The third-order valence-corrected chi connectivity index (χ3v) is 5.54. The minimum absolute atomic E-state index is 0.0855. The van der Waals surface area contributed by atoms with Gasteiger partial charge in [0.1, 0.15) is 10.7 Å². The molecule has 1 fully saturated rings. The van der Waals surface area contributed by atoms with Crippen LogP contribution in [0.1, 0.15) is 54.4 Å². The van der Waals surface area contributed by atoms with Crippen molar-refractivity contribution < 1.29 is 9.53 Å². The minimum Gasteiger partial charge on any atom is -0.375 e. The topological polar surface area (TPSA) is 55.3 Å². The summed E-state index contributed by atoms with van der Waals surface area (Å²) in [5, 5.41) is 1.03. The second-order valence-corrected chi connectivity index (χ2v) is 8.55. The lowest BCUT2D eigenvalue weighted by molar-refractivity contribution is -0.0122. The molecule has 1 atom stereocenters. The molecular weight excluding hydrogens is 322 g/mol. The van der Waals surface area contributed by atoms with Gasteiger partial charge >= 0.3 is 0 Å². The highest BCUT2D eigenvalue weighted by molar-refractivity contribution is 7.20. The van der Waals surface area contributed by atoms with E-state index in [1.54, 1.807) is 0 Å². The Morgan fingerprint density at radius 3 is 2.62 bits per heavy atom. The molecule has 0 N–H and O–H groups in total. The third-order valence-electron chi connectivity index (χ3n) is 4.36. The number of fused-ring (bicyclic) bond motifs is 1. The maximum absolute atomic E-state index is 13.0. The molecule has 0 spiro atoms. The van der Waals surface area contributed by atoms with Gasteiger partial charge in [-0.3, -0.25) is 4.79 Å². The number of nitrogens with zero attached hydrogens (tertiary/aromatic N) is 3. The van der Waals surface area contributed by atoms with E-state index in [-0.39, 0.29) is 17.4 Å². The van der Waals surface area contributed by atoms with Crippen LogP contribution in [-0.2, 0) is 10.2 Å². The first-order valence-corrected chi connectivity index (χ1v) is 9.19. The number of hydrogen-bond acceptors (Lipinski definition) is 5. The maximum atomic E-state index is 13.0. The zero-order valence-electron chi connectivity index (χ0n) is 15.3. The second-order valence-electron chi connectivity index (χ2n) is 7.55. The standard InChI is InChI=1S/C18H25N3O2S/c1-10-9-21(7-8-23-10)16(22)14-11(2)13-12(3)19-17(18(4,5)6)20-15(13)24-14/h10H,7-9H2,1-6H3. The van der Waals surface area contributed by atoms with Crippen molar-refractivity contribution in [2.45, 2.75) is 53.1 Å². The van der Waals surface area contributed by atoms with E-state index in [1.165, 1.54) is 11.3 Å². The van der Waals surface area contributed by atoms with Crippen molar-refractivity contribution in [1.82, 2.24) is 14.9 Å². The molecule has 6 heteroatoms. The average molecular weight is 347 g/mol. The highest BCUT2D eigenvalue weighted by atomic mass is 32.1. The van der Waals surface area contributed by atoms with Crippen LogP contribution in [-0.4, -0.2) is 46.6 Å². The number of amides is 1. The predicted octanol–water partition coefficient (Wildman–Crippen LogP) is 3.47. The van der Waals surface area contributed by atoms with Gasteiger partial charge in [0.15, 0.2) is 0 Å². The molecule has 1 aliphatic heterocycles. The molecule has 24 heavy (non-hydrogen) atoms. The van der Waals surface area contributed by atoms with Gasteiger partial charge in [0.05, 0.1) is 23.3 Å². The second kappa shape index (κ2) is 6.08. The Labute approximate surface area is 147 Å². The lowest BCUT2D eigenvalue weighted by Gasteiger charge is -2.31. The summed E-state index contributed by atoms with van der Waals surface area (Å²) >= 11 is 1.49. The molecule has 3 rings (SSSR count). The van der Waals surface area contributed by atoms with E-state index in [0.717, 1.165) is 32.2 Å². The van der Waals surface area contributed by atoms with Crippen LogP contribution in [0, 0.1) is 13.8 Å². The van der Waals surface area contributed by atoms with Gasteiger partial charge < -0.3 is 9.64 Å². The number of carbonyl (C=O) groups excluding carboxylic acids is 1. The number of aromatic nitrogens is 2. The summed E-state index contributed by atoms with van der Waals surface area (Å²) in [4.78, 5) is 26.0. The van der Waals surface area contributed by atoms with Crippen LogP contribution in [0.25, 0.3) is 10.2 Å². The molecule has 0 aromatic carbocycles. The number of hydrogen-bond donors (Lipinski definition) is 0. The largest absolute Gasteiger partial charge is 0.375 e. The molecule has 130 valence electrons. The van der Waals surface area contributed by atoms with E-state index in [2.05, 4.69) is 25.8 Å². The van der Waals surface area contributed by atoms with Crippen LogP contribution in [0.5, 0.6) is 0 Å². The number of aryl methyl sites for hydroxylation is 2. The molecule has 1 unspecified atom stereocenters. The predicted molar refractivity (Wildman–Crippen MR) is 96.9 cm³/mol. The normalized spacial score (nSPS) is 19.1. The van der Waals surface area contributed by atoms with Gasteiger partial charge in [-0.2, -0.15) is 0 Å². The summed E-state index contributed by atoms with van der Waals surface area (Å²) in [6.07, 6.45) is 0.0893. The molecule has 3 heterocycles. The van der Waals surface area contributed by atoms with E-state index in [4.69, 9.17) is 9.72 Å². The SMILES string of the molecule is Cc1nc(C(C)(C)C)nc2sc(C(=O)N3CCOC(C)C3)c(C)c12. The Kier molecular flexibility index (Phi) is 4.38. The number of carbonyl (C=O) groups is 1. The van der Waals surface area contributed by atoms with E-state index in [0.29, 0.717) is 19.7 Å². The van der Waals surface area contributed by atoms with Crippen LogP contribution in [0.15, 0.2) is 0 Å². The van der Waals surface area contributed by atoms with Crippen molar-refractivity contribution in [2.75, 3.05) is 19.7 Å². The van der Waals surface area contributed by atoms with E-state index in [1.807, 2.05) is 25.7 Å². The fraction of sp³-hybridized carbons (Fsp3) is 0.611. The summed E-state index contributed by atoms with van der Waals surface area (Å²) in [6, 6.07) is 0. The van der Waals surface area contributed by atoms with Gasteiger partial charge in [-0.05, 0) is 26.3 Å². The van der Waals surface area contributed by atoms with E-state index < -0.39 is 0 Å². The zero-order chi connectivity index (χ0) is 17.6. The van der Waals surface area contributed by atoms with Crippen LogP contribution >= 0.6 is 11.3 Å². The van der Waals surface area contributed by atoms with E-state index >= 15 is 0 Å². The van der Waals surface area contributed by atoms with Gasteiger partial charge in [0.25, 0.3) is 5.91 Å². The Morgan fingerprint density at radius 2 is 2.00 bits per heavy atom. The molecule has 0 aliphatic carbocycles. The monoisotopic (exact) mass is 347 g/mol. The smallest absolute Gasteiger partial charge is 0.264 e. The summed E-state index contributed by atoms with van der Waals surface area (Å²) in [5.74, 6) is 0.912. The molecule has 2 aromatic heterocycles. The number of thiophene rings is 1. The Hall–Kier alpha value is -1.53. The minimum atomic E-state index is -0.110. The zero-order valence-corrected chi connectivity index (χ0v) is 16.1. The highest BCUT2D eigenvalue weighted by Gasteiger charge is 2.28. The molecule has 2 aromatic rings. The average Bonchev–Trinajstić information content (AvgIpc) is 2.83. The first kappa shape index (κ1) is 17.3. The van der Waals surface area contributed by atoms with Crippen LogP contribution < -0.4 is 0 Å². The van der Waals surface area contributed by atoms with Crippen molar-refractivity contribution in [1.29, 1.82) is 0 Å². The molecule has 0 bridgehead atoms. The first-order valence-electron chi connectivity index (χ1n) is 8.37. The Balaban J connectivity index is 2.05. The van der Waals surface area contributed by atoms with Crippen molar-refractivity contribution >= 4 is 27.5 Å². The summed E-state index contributed by atoms with van der Waals surface area (Å²) in [7, 11) is 0. The molecule has 5 nitrogen and oxygen atoms in total. The van der Waals surface area contributed by atoms with Crippen LogP contribution in [0.2, 0.25) is 0 Å². The van der Waals surface area contributed by atoms with Crippen molar-refractivity contribution in [3.05, 3.63) is 22.0 Å². The van der Waals surface area contributed by atoms with Crippen molar-refractivity contribution in [3.8, 4) is 0 Å². The maximum Gasteiger partial charge on any atom is 0.264 e. The van der Waals surface area contributed by atoms with Gasteiger partial charge in [-0.15, -0.1) is 11.3 Å². The molecule has 0 radical (unpaired) electrons. The Morgan fingerprint density at radius 1 is 1.29 bits per heavy atom. The van der Waals surface area contributed by atoms with Gasteiger partial charge in [0.2, 0.25) is 0 Å². The highest BCUT2D eigenvalue weighted by Crippen LogP contribution is 2.34. The van der Waals surface area contributed by atoms with Gasteiger partial charge in [-0.1, -0.05) is 20.8 Å². The first-order chi connectivity index (χ1) is 11.2. The fourth-order valence-corrected chi connectivity index (χ4v) is 4.22. The van der Waals surface area contributed by atoms with Gasteiger partial charge in [0, 0.05) is 23.9 Å². The molecular formula is C18H25N3O2S. The quantitative estimate of drug-likeness (QED) is 0.793. The van der Waals surface area contributed by atoms with Crippen molar-refractivity contribution in [3.63, 3.8) is 0 Å².